The van der Waals surface area contributed by atoms with Gasteiger partial charge in [0.15, 0.2) is 0 Å². The van der Waals surface area contributed by atoms with Gasteiger partial charge < -0.3 is 9.88 Å². The Labute approximate surface area is 138 Å². The topological polar surface area (TPSA) is 71.0 Å². The number of benzene rings is 1. The minimum atomic E-state index is -0.137. The number of likely N-dealkylation sites (tertiary alicyclic amines) is 1. The van der Waals surface area contributed by atoms with Gasteiger partial charge in [0.1, 0.15) is 5.69 Å². The zero-order valence-corrected chi connectivity index (χ0v) is 13.2. The number of hydrogen-bond donors (Lipinski definition) is 1. The first-order chi connectivity index (χ1) is 11.7. The van der Waals surface area contributed by atoms with Gasteiger partial charge in [-0.25, -0.2) is 4.68 Å². The van der Waals surface area contributed by atoms with E-state index in [1.165, 1.54) is 10.7 Å². The minimum Gasteiger partial charge on any atom is -0.351 e. The van der Waals surface area contributed by atoms with E-state index < -0.39 is 0 Å². The van der Waals surface area contributed by atoms with E-state index in [0.717, 1.165) is 23.7 Å². The van der Waals surface area contributed by atoms with Gasteiger partial charge in [-0.15, -0.1) is 0 Å². The molecule has 6 nitrogen and oxygen atoms in total. The van der Waals surface area contributed by atoms with Crippen LogP contribution in [-0.4, -0.2) is 38.2 Å². The van der Waals surface area contributed by atoms with Crippen LogP contribution in [0.15, 0.2) is 53.5 Å². The van der Waals surface area contributed by atoms with Crippen molar-refractivity contribution in [1.29, 1.82) is 0 Å². The third-order valence-corrected chi connectivity index (χ3v) is 4.57. The summed E-state index contributed by atoms with van der Waals surface area (Å²) >= 11 is 0. The highest BCUT2D eigenvalue weighted by molar-refractivity contribution is 5.98. The quantitative estimate of drug-likeness (QED) is 0.802. The largest absolute Gasteiger partial charge is 0.351 e. The van der Waals surface area contributed by atoms with E-state index in [2.05, 4.69) is 10.1 Å². The van der Waals surface area contributed by atoms with E-state index in [1.807, 2.05) is 35.2 Å². The number of aromatic amines is 1. The maximum Gasteiger partial charge on any atom is 0.270 e. The number of H-pyrrole nitrogens is 1. The minimum absolute atomic E-state index is 0.00323. The third-order valence-electron chi connectivity index (χ3n) is 4.57. The molecule has 6 heteroatoms. The number of nitrogens with zero attached hydrogens (tertiary/aromatic N) is 3. The van der Waals surface area contributed by atoms with Crippen LogP contribution in [0.5, 0.6) is 0 Å². The van der Waals surface area contributed by atoms with Crippen molar-refractivity contribution >= 4 is 16.8 Å². The SMILES string of the molecule is O=C(c1cc2ccccc2[nH]1)N1CCCC1Cn1ncccc1=O. The Hall–Kier alpha value is -2.89. The summed E-state index contributed by atoms with van der Waals surface area (Å²) in [5.41, 5.74) is 1.41. The highest BCUT2D eigenvalue weighted by atomic mass is 16.2. The van der Waals surface area contributed by atoms with Crippen molar-refractivity contribution in [2.24, 2.45) is 0 Å². The summed E-state index contributed by atoms with van der Waals surface area (Å²) in [5.74, 6) is -0.0160. The first kappa shape index (κ1) is 14.7. The van der Waals surface area contributed by atoms with Gasteiger partial charge >= 0.3 is 0 Å². The lowest BCUT2D eigenvalue weighted by molar-refractivity contribution is 0.0715. The second kappa shape index (κ2) is 5.96. The highest BCUT2D eigenvalue weighted by Crippen LogP contribution is 2.23. The molecule has 3 aromatic rings. The van der Waals surface area contributed by atoms with Crippen molar-refractivity contribution in [1.82, 2.24) is 19.7 Å². The van der Waals surface area contributed by atoms with Crippen molar-refractivity contribution in [3.05, 3.63) is 64.7 Å². The number of fused-ring (bicyclic) bond motifs is 1. The lowest BCUT2D eigenvalue weighted by Crippen LogP contribution is -2.40. The Morgan fingerprint density at radius 1 is 1.25 bits per heavy atom. The van der Waals surface area contributed by atoms with Crippen LogP contribution in [0.4, 0.5) is 0 Å². The van der Waals surface area contributed by atoms with Crippen LogP contribution in [0, 0.1) is 0 Å². The van der Waals surface area contributed by atoms with Crippen molar-refractivity contribution in [3.8, 4) is 0 Å². The summed E-state index contributed by atoms with van der Waals surface area (Å²) in [4.78, 5) is 29.8. The van der Waals surface area contributed by atoms with Crippen LogP contribution in [0.1, 0.15) is 23.3 Å². The van der Waals surface area contributed by atoms with Crippen molar-refractivity contribution in [2.75, 3.05) is 6.54 Å². The van der Waals surface area contributed by atoms with Gasteiger partial charge in [0, 0.05) is 29.7 Å². The van der Waals surface area contributed by atoms with E-state index in [0.29, 0.717) is 18.8 Å². The fraction of sp³-hybridized carbons (Fsp3) is 0.278. The highest BCUT2D eigenvalue weighted by Gasteiger charge is 2.30. The summed E-state index contributed by atoms with van der Waals surface area (Å²) in [5, 5.41) is 5.13. The standard InChI is InChI=1S/C18H18N4O2/c23-17-8-3-9-19-22(17)12-14-6-4-10-21(14)18(24)16-11-13-5-1-2-7-15(13)20-16/h1-3,5,7-9,11,14,20H,4,6,10,12H2. The zero-order chi connectivity index (χ0) is 16.5. The first-order valence-electron chi connectivity index (χ1n) is 8.13. The van der Waals surface area contributed by atoms with Gasteiger partial charge in [-0.05, 0) is 31.0 Å². The molecule has 1 unspecified atom stereocenters. The van der Waals surface area contributed by atoms with Crippen LogP contribution in [-0.2, 0) is 6.54 Å². The molecule has 24 heavy (non-hydrogen) atoms. The fourth-order valence-electron chi connectivity index (χ4n) is 3.36. The monoisotopic (exact) mass is 322 g/mol. The van der Waals surface area contributed by atoms with Gasteiger partial charge in [0.25, 0.3) is 11.5 Å². The summed E-state index contributed by atoms with van der Waals surface area (Å²) in [6.07, 6.45) is 3.42. The van der Waals surface area contributed by atoms with Crippen LogP contribution >= 0.6 is 0 Å². The lowest BCUT2D eigenvalue weighted by atomic mass is 10.2. The maximum atomic E-state index is 12.9. The normalized spacial score (nSPS) is 17.5. The predicted molar refractivity (Wildman–Crippen MR) is 90.9 cm³/mol. The molecule has 3 heterocycles. The molecule has 1 fully saturated rings. The zero-order valence-electron chi connectivity index (χ0n) is 13.2. The Bertz CT molecular complexity index is 910. The predicted octanol–water partition coefficient (Wildman–Crippen LogP) is 2.03. The van der Waals surface area contributed by atoms with Gasteiger partial charge in [-0.1, -0.05) is 18.2 Å². The molecule has 0 radical (unpaired) electrons. The molecule has 1 atom stereocenters. The molecule has 1 amide bonds. The summed E-state index contributed by atoms with van der Waals surface area (Å²) in [7, 11) is 0. The van der Waals surface area contributed by atoms with Crippen LogP contribution in [0.3, 0.4) is 0 Å². The van der Waals surface area contributed by atoms with Crippen molar-refractivity contribution in [3.63, 3.8) is 0 Å². The molecule has 1 aliphatic rings. The van der Waals surface area contributed by atoms with E-state index in [-0.39, 0.29) is 17.5 Å². The average molecular weight is 322 g/mol. The van der Waals surface area contributed by atoms with Gasteiger partial charge in [-0.2, -0.15) is 5.10 Å². The molecular weight excluding hydrogens is 304 g/mol. The molecule has 1 N–H and O–H groups in total. The molecule has 0 saturated carbocycles. The number of para-hydroxylation sites is 1. The number of amides is 1. The third kappa shape index (κ3) is 2.60. The van der Waals surface area contributed by atoms with E-state index in [9.17, 15) is 9.59 Å². The van der Waals surface area contributed by atoms with Crippen molar-refractivity contribution < 1.29 is 4.79 Å². The molecular formula is C18H18N4O2. The molecule has 1 aliphatic heterocycles. The van der Waals surface area contributed by atoms with Gasteiger partial charge in [0.2, 0.25) is 0 Å². The van der Waals surface area contributed by atoms with E-state index in [1.54, 1.807) is 12.3 Å². The Morgan fingerprint density at radius 2 is 2.12 bits per heavy atom. The van der Waals surface area contributed by atoms with E-state index in [4.69, 9.17) is 0 Å². The number of hydrogen-bond acceptors (Lipinski definition) is 3. The van der Waals surface area contributed by atoms with Crippen LogP contribution in [0.25, 0.3) is 10.9 Å². The second-order valence-electron chi connectivity index (χ2n) is 6.11. The van der Waals surface area contributed by atoms with Gasteiger partial charge in [-0.3, -0.25) is 9.59 Å². The molecule has 122 valence electrons. The Kier molecular flexibility index (Phi) is 3.65. The molecule has 1 saturated heterocycles. The Balaban J connectivity index is 1.59. The fourth-order valence-corrected chi connectivity index (χ4v) is 3.36. The Morgan fingerprint density at radius 3 is 2.96 bits per heavy atom. The summed E-state index contributed by atoms with van der Waals surface area (Å²) in [6.45, 7) is 1.14. The van der Waals surface area contributed by atoms with Crippen LogP contribution < -0.4 is 5.56 Å². The number of nitrogens with one attached hydrogen (secondary N) is 1. The summed E-state index contributed by atoms with van der Waals surface area (Å²) in [6, 6.07) is 12.8. The number of aromatic nitrogens is 3. The lowest BCUT2D eigenvalue weighted by Gasteiger charge is -2.24. The molecule has 2 aromatic heterocycles. The molecule has 0 bridgehead atoms. The number of carbonyl (C=O) groups is 1. The molecule has 1 aromatic carbocycles. The average Bonchev–Trinajstić information content (AvgIpc) is 3.23. The summed E-state index contributed by atoms with van der Waals surface area (Å²) < 4.78 is 1.43. The molecule has 4 rings (SSSR count). The number of carbonyl (C=O) groups excluding carboxylic acids is 1. The van der Waals surface area contributed by atoms with Crippen molar-refractivity contribution in [2.45, 2.75) is 25.4 Å². The molecule has 0 aliphatic carbocycles. The number of rotatable bonds is 3. The second-order valence-corrected chi connectivity index (χ2v) is 6.11. The van der Waals surface area contributed by atoms with Gasteiger partial charge in [0.05, 0.1) is 12.6 Å². The molecule has 0 spiro atoms. The van der Waals surface area contributed by atoms with Crippen LogP contribution in [0.2, 0.25) is 0 Å². The first-order valence-corrected chi connectivity index (χ1v) is 8.13. The smallest absolute Gasteiger partial charge is 0.270 e. The van der Waals surface area contributed by atoms with E-state index >= 15 is 0 Å². The maximum absolute atomic E-state index is 12.9.